The van der Waals surface area contributed by atoms with E-state index >= 15 is 0 Å². The molecule has 3 heterocycles. The normalized spacial score (nSPS) is 17.7. The molecule has 1 aliphatic rings. The fourth-order valence-corrected chi connectivity index (χ4v) is 3.55. The number of rotatable bonds is 5. The zero-order valence-electron chi connectivity index (χ0n) is 16.1. The van der Waals surface area contributed by atoms with Crippen LogP contribution >= 0.6 is 0 Å². The molecule has 1 aliphatic heterocycles. The number of amides is 1. The zero-order valence-corrected chi connectivity index (χ0v) is 16.1. The molecule has 1 unspecified atom stereocenters. The van der Waals surface area contributed by atoms with Crippen molar-refractivity contribution in [1.82, 2.24) is 14.9 Å². The van der Waals surface area contributed by atoms with E-state index < -0.39 is 22.7 Å². The monoisotopic (exact) mass is 416 g/mol. The standard InChI is InChI=1S/C22H16N4O5/c27-20(15-6-9-23-10-7-15)18-19(16-4-1-5-17(11-16)26(30)31)25(22(29)21(18)28)13-14-3-2-8-24-12-14/h1-12,19,27H,13H2/b20-18+. The molecule has 1 aromatic carbocycles. The van der Waals surface area contributed by atoms with Gasteiger partial charge in [-0.2, -0.15) is 0 Å². The van der Waals surface area contributed by atoms with Crippen molar-refractivity contribution in [3.8, 4) is 0 Å². The molecule has 9 nitrogen and oxygen atoms in total. The number of aliphatic hydroxyl groups is 1. The predicted molar refractivity (Wildman–Crippen MR) is 109 cm³/mol. The first kappa shape index (κ1) is 19.9. The maximum absolute atomic E-state index is 12.9. The molecule has 9 heteroatoms. The number of hydrogen-bond donors (Lipinski definition) is 1. The number of aromatic nitrogens is 2. The molecule has 3 aromatic rings. The minimum absolute atomic E-state index is 0.0406. The smallest absolute Gasteiger partial charge is 0.295 e. The first-order chi connectivity index (χ1) is 15.0. The van der Waals surface area contributed by atoms with Gasteiger partial charge >= 0.3 is 0 Å². The number of non-ortho nitro benzene ring substituents is 1. The van der Waals surface area contributed by atoms with Crippen LogP contribution in [-0.4, -0.2) is 36.6 Å². The van der Waals surface area contributed by atoms with Crippen molar-refractivity contribution in [1.29, 1.82) is 0 Å². The highest BCUT2D eigenvalue weighted by atomic mass is 16.6. The first-order valence-corrected chi connectivity index (χ1v) is 9.29. The average Bonchev–Trinajstić information content (AvgIpc) is 3.05. The van der Waals surface area contributed by atoms with Gasteiger partial charge in [0.15, 0.2) is 0 Å². The summed E-state index contributed by atoms with van der Waals surface area (Å²) in [6.07, 6.45) is 6.04. The van der Waals surface area contributed by atoms with Crippen molar-refractivity contribution in [2.45, 2.75) is 12.6 Å². The summed E-state index contributed by atoms with van der Waals surface area (Å²) in [5.41, 5.74) is 0.996. The fourth-order valence-electron chi connectivity index (χ4n) is 3.55. The molecule has 1 N–H and O–H groups in total. The van der Waals surface area contributed by atoms with E-state index in [-0.39, 0.29) is 23.6 Å². The predicted octanol–water partition coefficient (Wildman–Crippen LogP) is 3.01. The lowest BCUT2D eigenvalue weighted by Gasteiger charge is -2.25. The van der Waals surface area contributed by atoms with Crippen LogP contribution in [0.1, 0.15) is 22.7 Å². The van der Waals surface area contributed by atoms with E-state index in [1.165, 1.54) is 47.6 Å². The van der Waals surface area contributed by atoms with Gasteiger partial charge in [0.2, 0.25) is 0 Å². The molecule has 154 valence electrons. The number of nitrogens with zero attached hydrogens (tertiary/aromatic N) is 4. The van der Waals surface area contributed by atoms with Gasteiger partial charge in [0, 0.05) is 49.0 Å². The molecule has 1 fully saturated rings. The molecule has 0 spiro atoms. The van der Waals surface area contributed by atoms with Gasteiger partial charge in [0.25, 0.3) is 17.4 Å². The third kappa shape index (κ3) is 3.76. The van der Waals surface area contributed by atoms with Crippen LogP contribution in [0.5, 0.6) is 0 Å². The summed E-state index contributed by atoms with van der Waals surface area (Å²) in [5.74, 6) is -2.04. The van der Waals surface area contributed by atoms with Gasteiger partial charge in [-0.05, 0) is 29.3 Å². The highest BCUT2D eigenvalue weighted by Crippen LogP contribution is 2.40. The second-order valence-electron chi connectivity index (χ2n) is 6.88. The number of carbonyl (C=O) groups excluding carboxylic acids is 2. The minimum atomic E-state index is -1.01. The number of nitro groups is 1. The maximum atomic E-state index is 12.9. The summed E-state index contributed by atoms with van der Waals surface area (Å²) >= 11 is 0. The maximum Gasteiger partial charge on any atom is 0.295 e. The molecule has 1 saturated heterocycles. The molecule has 1 amide bonds. The second-order valence-corrected chi connectivity index (χ2v) is 6.88. The van der Waals surface area contributed by atoms with Crippen molar-refractivity contribution < 1.29 is 19.6 Å². The molecule has 0 bridgehead atoms. The lowest BCUT2D eigenvalue weighted by Crippen LogP contribution is -2.29. The Labute approximate surface area is 176 Å². The summed E-state index contributed by atoms with van der Waals surface area (Å²) < 4.78 is 0. The lowest BCUT2D eigenvalue weighted by molar-refractivity contribution is -0.384. The molecular formula is C22H16N4O5. The third-order valence-corrected chi connectivity index (χ3v) is 4.97. The third-order valence-electron chi connectivity index (χ3n) is 4.97. The van der Waals surface area contributed by atoms with Gasteiger partial charge in [0.1, 0.15) is 5.76 Å². The Hall–Kier alpha value is -4.40. The number of aliphatic hydroxyl groups excluding tert-OH is 1. The van der Waals surface area contributed by atoms with Crippen LogP contribution in [0.25, 0.3) is 5.76 Å². The molecule has 2 aromatic heterocycles. The number of hydrogen-bond acceptors (Lipinski definition) is 7. The highest BCUT2D eigenvalue weighted by Gasteiger charge is 2.46. The van der Waals surface area contributed by atoms with Gasteiger partial charge in [0.05, 0.1) is 16.5 Å². The summed E-state index contributed by atoms with van der Waals surface area (Å²) in [6, 6.07) is 11.1. The molecule has 1 atom stereocenters. The fraction of sp³-hybridized carbons (Fsp3) is 0.0909. The van der Waals surface area contributed by atoms with E-state index in [9.17, 15) is 24.8 Å². The van der Waals surface area contributed by atoms with E-state index in [4.69, 9.17) is 0 Å². The summed E-state index contributed by atoms with van der Waals surface area (Å²) in [6.45, 7) is 0.0406. The Balaban J connectivity index is 1.89. The Kier molecular flexibility index (Phi) is 5.23. The average molecular weight is 416 g/mol. The number of carbonyl (C=O) groups is 2. The number of benzene rings is 1. The van der Waals surface area contributed by atoms with Crippen LogP contribution in [0.3, 0.4) is 0 Å². The topological polar surface area (TPSA) is 127 Å². The summed E-state index contributed by atoms with van der Waals surface area (Å²) in [4.78, 5) is 45.8. The van der Waals surface area contributed by atoms with Crippen molar-refractivity contribution in [2.24, 2.45) is 0 Å². The van der Waals surface area contributed by atoms with Crippen molar-refractivity contribution in [3.63, 3.8) is 0 Å². The molecule has 0 saturated carbocycles. The quantitative estimate of drug-likeness (QED) is 0.223. The van der Waals surface area contributed by atoms with Gasteiger partial charge in [-0.15, -0.1) is 0 Å². The van der Waals surface area contributed by atoms with Crippen LogP contribution in [0.4, 0.5) is 5.69 Å². The molecule has 31 heavy (non-hydrogen) atoms. The van der Waals surface area contributed by atoms with E-state index in [1.54, 1.807) is 30.6 Å². The van der Waals surface area contributed by atoms with Crippen molar-refractivity contribution in [3.05, 3.63) is 106 Å². The second kappa shape index (κ2) is 8.15. The number of Topliss-reactive ketones (excluding diaryl/α,β-unsaturated/α-hetero) is 1. The van der Waals surface area contributed by atoms with Crippen LogP contribution in [-0.2, 0) is 16.1 Å². The Morgan fingerprint density at radius 2 is 1.84 bits per heavy atom. The number of ketones is 1. The molecular weight excluding hydrogens is 400 g/mol. The van der Waals surface area contributed by atoms with Gasteiger partial charge < -0.3 is 10.0 Å². The zero-order chi connectivity index (χ0) is 22.0. The molecule has 0 radical (unpaired) electrons. The van der Waals surface area contributed by atoms with Crippen LogP contribution in [0.15, 0.2) is 78.9 Å². The Morgan fingerprint density at radius 3 is 2.52 bits per heavy atom. The Bertz CT molecular complexity index is 1190. The summed E-state index contributed by atoms with van der Waals surface area (Å²) in [7, 11) is 0. The first-order valence-electron chi connectivity index (χ1n) is 9.29. The van der Waals surface area contributed by atoms with E-state index in [0.717, 1.165) is 0 Å². The number of nitro benzene ring substituents is 1. The van der Waals surface area contributed by atoms with Crippen LogP contribution in [0, 0.1) is 10.1 Å². The van der Waals surface area contributed by atoms with Crippen LogP contribution < -0.4 is 0 Å². The van der Waals surface area contributed by atoms with Crippen molar-refractivity contribution >= 4 is 23.1 Å². The van der Waals surface area contributed by atoms with E-state index in [0.29, 0.717) is 16.7 Å². The SMILES string of the molecule is O=C1C(=O)N(Cc2cccnc2)C(c2cccc([N+](=O)[O-])c2)/C1=C(\O)c1ccncc1. The largest absolute Gasteiger partial charge is 0.507 e. The highest BCUT2D eigenvalue weighted by molar-refractivity contribution is 6.46. The molecule has 0 aliphatic carbocycles. The van der Waals surface area contributed by atoms with Gasteiger partial charge in [-0.1, -0.05) is 18.2 Å². The summed E-state index contributed by atoms with van der Waals surface area (Å²) in [5, 5.41) is 22.2. The lowest BCUT2D eigenvalue weighted by atomic mass is 9.95. The minimum Gasteiger partial charge on any atom is -0.507 e. The number of likely N-dealkylation sites (tertiary alicyclic amines) is 1. The van der Waals surface area contributed by atoms with Crippen LogP contribution in [0.2, 0.25) is 0 Å². The Morgan fingerprint density at radius 1 is 1.06 bits per heavy atom. The van der Waals surface area contributed by atoms with Gasteiger partial charge in [-0.25, -0.2) is 0 Å². The van der Waals surface area contributed by atoms with E-state index in [2.05, 4.69) is 9.97 Å². The van der Waals surface area contributed by atoms with Crippen molar-refractivity contribution in [2.75, 3.05) is 0 Å². The van der Waals surface area contributed by atoms with E-state index in [1.807, 2.05) is 0 Å². The van der Waals surface area contributed by atoms with Gasteiger partial charge in [-0.3, -0.25) is 29.7 Å². The number of pyridine rings is 2. The molecule has 4 rings (SSSR count).